The number of rotatable bonds is 3. The van der Waals surface area contributed by atoms with E-state index in [9.17, 15) is 4.79 Å². The van der Waals surface area contributed by atoms with Gasteiger partial charge in [0, 0.05) is 5.56 Å². The number of benzene rings is 3. The van der Waals surface area contributed by atoms with Crippen molar-refractivity contribution in [3.8, 4) is 11.5 Å². The third kappa shape index (κ3) is 2.91. The number of carbonyl (C=O) groups excluding carboxylic acids is 1. The van der Waals surface area contributed by atoms with Crippen LogP contribution in [0.1, 0.15) is 10.4 Å². The summed E-state index contributed by atoms with van der Waals surface area (Å²) in [5.41, 5.74) is 0.644. The normalized spacial score (nSPS) is 15.9. The topological polar surface area (TPSA) is 47.6 Å². The number of carbonyl (C=O) groups is 1. The van der Waals surface area contributed by atoms with Crippen molar-refractivity contribution >= 4 is 16.7 Å². The minimum atomic E-state index is -0.190. The van der Waals surface area contributed by atoms with Gasteiger partial charge >= 0.3 is 0 Å². The number of ether oxygens (including phenoxy) is 2. The Kier molecular flexibility index (Phi) is 3.79. The molecule has 120 valence electrons. The van der Waals surface area contributed by atoms with Gasteiger partial charge < -0.3 is 14.8 Å². The SMILES string of the molecule is O=C(NCC1COc2ccccc2O1)c1ccc2ccccc2c1. The summed E-state index contributed by atoms with van der Waals surface area (Å²) < 4.78 is 11.5. The van der Waals surface area contributed by atoms with Crippen LogP contribution < -0.4 is 14.8 Å². The van der Waals surface area contributed by atoms with Gasteiger partial charge in [0.1, 0.15) is 12.7 Å². The largest absolute Gasteiger partial charge is 0.486 e. The first kappa shape index (κ1) is 14.6. The summed E-state index contributed by atoms with van der Waals surface area (Å²) >= 11 is 0. The van der Waals surface area contributed by atoms with Gasteiger partial charge in [0.2, 0.25) is 0 Å². The van der Waals surface area contributed by atoms with Gasteiger partial charge in [-0.05, 0) is 35.0 Å². The first-order valence-electron chi connectivity index (χ1n) is 7.95. The van der Waals surface area contributed by atoms with Crippen molar-refractivity contribution in [2.45, 2.75) is 6.10 Å². The first-order valence-corrected chi connectivity index (χ1v) is 7.95. The zero-order valence-corrected chi connectivity index (χ0v) is 13.1. The van der Waals surface area contributed by atoms with Crippen LogP contribution in [0.4, 0.5) is 0 Å². The summed E-state index contributed by atoms with van der Waals surface area (Å²) in [6.07, 6.45) is -0.190. The molecule has 4 heteroatoms. The number of nitrogens with one attached hydrogen (secondary N) is 1. The molecule has 3 aromatic rings. The van der Waals surface area contributed by atoms with Crippen LogP contribution >= 0.6 is 0 Å². The smallest absolute Gasteiger partial charge is 0.251 e. The van der Waals surface area contributed by atoms with Gasteiger partial charge in [-0.15, -0.1) is 0 Å². The molecule has 1 aliphatic rings. The first-order chi connectivity index (χ1) is 11.8. The van der Waals surface area contributed by atoms with Crippen molar-refractivity contribution < 1.29 is 14.3 Å². The van der Waals surface area contributed by atoms with Crippen molar-refractivity contribution in [3.63, 3.8) is 0 Å². The van der Waals surface area contributed by atoms with Gasteiger partial charge in [0.25, 0.3) is 5.91 Å². The minimum Gasteiger partial charge on any atom is -0.486 e. The standard InChI is InChI=1S/C20H17NO3/c22-20(16-10-9-14-5-1-2-6-15(14)11-16)21-12-17-13-23-18-7-3-4-8-19(18)24-17/h1-11,17H,12-13H2,(H,21,22). The fourth-order valence-corrected chi connectivity index (χ4v) is 2.80. The Balaban J connectivity index is 1.41. The van der Waals surface area contributed by atoms with Gasteiger partial charge in [-0.2, -0.15) is 0 Å². The van der Waals surface area contributed by atoms with E-state index < -0.39 is 0 Å². The van der Waals surface area contributed by atoms with E-state index in [1.54, 1.807) is 0 Å². The van der Waals surface area contributed by atoms with Crippen LogP contribution in [0.15, 0.2) is 66.7 Å². The van der Waals surface area contributed by atoms with Gasteiger partial charge in [0.05, 0.1) is 6.54 Å². The summed E-state index contributed by atoms with van der Waals surface area (Å²) in [5, 5.41) is 5.09. The summed E-state index contributed by atoms with van der Waals surface area (Å²) in [4.78, 5) is 12.4. The Labute approximate surface area is 140 Å². The molecular formula is C20H17NO3. The van der Waals surface area contributed by atoms with E-state index >= 15 is 0 Å². The lowest BCUT2D eigenvalue weighted by Crippen LogP contribution is -2.40. The summed E-state index contributed by atoms with van der Waals surface area (Å²) in [6, 6.07) is 21.2. The van der Waals surface area contributed by atoms with E-state index in [4.69, 9.17) is 9.47 Å². The van der Waals surface area contributed by atoms with Crippen LogP contribution in [0.3, 0.4) is 0 Å². The molecule has 3 aromatic carbocycles. The zero-order chi connectivity index (χ0) is 16.4. The Morgan fingerprint density at radius 1 is 0.958 bits per heavy atom. The highest BCUT2D eigenvalue weighted by Gasteiger charge is 2.21. The number of amides is 1. The Morgan fingerprint density at radius 3 is 2.58 bits per heavy atom. The maximum absolute atomic E-state index is 12.4. The van der Waals surface area contributed by atoms with E-state index in [0.29, 0.717) is 24.5 Å². The molecule has 1 aliphatic heterocycles. The van der Waals surface area contributed by atoms with Crippen molar-refractivity contribution in [2.24, 2.45) is 0 Å². The fourth-order valence-electron chi connectivity index (χ4n) is 2.80. The molecule has 0 spiro atoms. The minimum absolute atomic E-state index is 0.108. The van der Waals surface area contributed by atoms with Crippen LogP contribution in [0.2, 0.25) is 0 Å². The molecule has 24 heavy (non-hydrogen) atoms. The molecule has 0 saturated carbocycles. The average Bonchev–Trinajstić information content (AvgIpc) is 2.65. The summed E-state index contributed by atoms with van der Waals surface area (Å²) in [6.45, 7) is 0.828. The molecule has 4 nitrogen and oxygen atoms in total. The highest BCUT2D eigenvalue weighted by molar-refractivity contribution is 5.98. The maximum atomic E-state index is 12.4. The van der Waals surface area contributed by atoms with E-state index in [1.807, 2.05) is 66.7 Å². The summed E-state index contributed by atoms with van der Waals surface area (Å²) in [5.74, 6) is 1.35. The van der Waals surface area contributed by atoms with E-state index in [-0.39, 0.29) is 12.0 Å². The third-order valence-corrected chi connectivity index (χ3v) is 4.07. The van der Waals surface area contributed by atoms with Crippen molar-refractivity contribution in [2.75, 3.05) is 13.2 Å². The predicted molar refractivity (Wildman–Crippen MR) is 92.6 cm³/mol. The predicted octanol–water partition coefficient (Wildman–Crippen LogP) is 3.41. The van der Waals surface area contributed by atoms with E-state index in [1.165, 1.54) is 0 Å². The highest BCUT2D eigenvalue weighted by Crippen LogP contribution is 2.30. The molecule has 0 radical (unpaired) electrons. The molecule has 1 amide bonds. The van der Waals surface area contributed by atoms with Gasteiger partial charge in [-0.1, -0.05) is 42.5 Å². The molecular weight excluding hydrogens is 302 g/mol. The molecule has 4 rings (SSSR count). The maximum Gasteiger partial charge on any atom is 0.251 e. The highest BCUT2D eigenvalue weighted by atomic mass is 16.6. The van der Waals surface area contributed by atoms with Crippen LogP contribution in [0.25, 0.3) is 10.8 Å². The Hall–Kier alpha value is -3.01. The van der Waals surface area contributed by atoms with Crippen LogP contribution in [0, 0.1) is 0 Å². The van der Waals surface area contributed by atoms with E-state index in [0.717, 1.165) is 16.5 Å². The molecule has 0 bridgehead atoms. The molecule has 1 N–H and O–H groups in total. The molecule has 1 unspecified atom stereocenters. The molecule has 1 atom stereocenters. The quantitative estimate of drug-likeness (QED) is 0.805. The van der Waals surface area contributed by atoms with Crippen LogP contribution in [-0.4, -0.2) is 25.2 Å². The second kappa shape index (κ2) is 6.24. The average molecular weight is 319 g/mol. The monoisotopic (exact) mass is 319 g/mol. The van der Waals surface area contributed by atoms with Crippen LogP contribution in [-0.2, 0) is 0 Å². The van der Waals surface area contributed by atoms with Gasteiger partial charge in [0.15, 0.2) is 11.5 Å². The van der Waals surface area contributed by atoms with Gasteiger partial charge in [-0.3, -0.25) is 4.79 Å². The zero-order valence-electron chi connectivity index (χ0n) is 13.1. The molecule has 0 aliphatic carbocycles. The fraction of sp³-hybridized carbons (Fsp3) is 0.150. The second-order valence-electron chi connectivity index (χ2n) is 5.77. The molecule has 0 aromatic heterocycles. The Bertz CT molecular complexity index is 891. The lowest BCUT2D eigenvalue weighted by atomic mass is 10.1. The number of fused-ring (bicyclic) bond motifs is 2. The van der Waals surface area contributed by atoms with Gasteiger partial charge in [-0.25, -0.2) is 0 Å². The van der Waals surface area contributed by atoms with Crippen molar-refractivity contribution in [1.82, 2.24) is 5.32 Å². The molecule has 1 heterocycles. The molecule has 0 fully saturated rings. The lowest BCUT2D eigenvalue weighted by Gasteiger charge is -2.26. The number of hydrogen-bond donors (Lipinski definition) is 1. The number of para-hydroxylation sites is 2. The third-order valence-electron chi connectivity index (χ3n) is 4.07. The Morgan fingerprint density at radius 2 is 1.71 bits per heavy atom. The van der Waals surface area contributed by atoms with Crippen molar-refractivity contribution in [1.29, 1.82) is 0 Å². The lowest BCUT2D eigenvalue weighted by molar-refractivity contribution is 0.0789. The second-order valence-corrected chi connectivity index (χ2v) is 5.77. The van der Waals surface area contributed by atoms with Crippen LogP contribution in [0.5, 0.6) is 11.5 Å². The van der Waals surface area contributed by atoms with E-state index in [2.05, 4.69) is 5.32 Å². The molecule has 0 saturated heterocycles. The summed E-state index contributed by atoms with van der Waals surface area (Å²) in [7, 11) is 0. The number of hydrogen-bond acceptors (Lipinski definition) is 3. The van der Waals surface area contributed by atoms with Crippen molar-refractivity contribution in [3.05, 3.63) is 72.3 Å².